The predicted octanol–water partition coefficient (Wildman–Crippen LogP) is 1.08. The second-order valence-electron chi connectivity index (χ2n) is 3.02. The highest BCUT2D eigenvalue weighted by Gasteiger charge is 2.02. The lowest BCUT2D eigenvalue weighted by Crippen LogP contribution is -2.12. The first-order valence-corrected chi connectivity index (χ1v) is 5.16. The summed E-state index contributed by atoms with van der Waals surface area (Å²) in [5.74, 6) is 0. The highest BCUT2D eigenvalue weighted by molar-refractivity contribution is 7.79. The second kappa shape index (κ2) is 4.39. The summed E-state index contributed by atoms with van der Waals surface area (Å²) in [7, 11) is 0. The van der Waals surface area contributed by atoms with Gasteiger partial charge < -0.3 is 10.3 Å². The first kappa shape index (κ1) is 10.2. The van der Waals surface area contributed by atoms with Gasteiger partial charge in [-0.15, -0.1) is 0 Å². The molecule has 2 unspecified atom stereocenters. The van der Waals surface area contributed by atoms with E-state index in [1.165, 1.54) is 0 Å². The van der Waals surface area contributed by atoms with Crippen molar-refractivity contribution in [2.24, 2.45) is 0 Å². The van der Waals surface area contributed by atoms with Crippen molar-refractivity contribution < 1.29 is 8.76 Å². The fourth-order valence-corrected chi connectivity index (χ4v) is 1.38. The average molecular weight is 198 g/mol. The van der Waals surface area contributed by atoms with E-state index in [1.54, 1.807) is 19.1 Å². The number of hydrogen-bond acceptors (Lipinski definition) is 3. The van der Waals surface area contributed by atoms with Gasteiger partial charge in [0.15, 0.2) is 0 Å². The molecule has 13 heavy (non-hydrogen) atoms. The molecule has 1 rings (SSSR count). The highest BCUT2D eigenvalue weighted by Crippen LogP contribution is 2.09. The van der Waals surface area contributed by atoms with Crippen LogP contribution >= 0.6 is 0 Å². The van der Waals surface area contributed by atoms with Crippen LogP contribution in [0.1, 0.15) is 12.5 Å². The third-order valence-corrected chi connectivity index (χ3v) is 2.66. The van der Waals surface area contributed by atoms with Crippen molar-refractivity contribution in [1.29, 1.82) is 0 Å². The van der Waals surface area contributed by atoms with E-state index < -0.39 is 11.1 Å². The van der Waals surface area contributed by atoms with Gasteiger partial charge in [0.1, 0.15) is 0 Å². The molecular formula is C9H12NO2S-. The Morgan fingerprint density at radius 3 is 2.46 bits per heavy atom. The van der Waals surface area contributed by atoms with Crippen LogP contribution in [-0.2, 0) is 17.5 Å². The lowest BCUT2D eigenvalue weighted by Gasteiger charge is -2.14. The molecule has 0 amide bonds. The van der Waals surface area contributed by atoms with E-state index in [9.17, 15) is 8.76 Å². The summed E-state index contributed by atoms with van der Waals surface area (Å²) in [6.07, 6.45) is 0.538. The van der Waals surface area contributed by atoms with Gasteiger partial charge in [0.2, 0.25) is 0 Å². The zero-order chi connectivity index (χ0) is 9.84. The smallest absolute Gasteiger partial charge is 0.0314 e. The summed E-state index contributed by atoms with van der Waals surface area (Å²) in [5, 5.41) is -0.344. The van der Waals surface area contributed by atoms with E-state index in [-0.39, 0.29) is 5.25 Å². The van der Waals surface area contributed by atoms with Crippen LogP contribution in [0.15, 0.2) is 24.3 Å². The largest absolute Gasteiger partial charge is 0.772 e. The molecular weight excluding hydrogens is 186 g/mol. The van der Waals surface area contributed by atoms with Gasteiger partial charge in [0.25, 0.3) is 0 Å². The number of rotatable bonds is 3. The monoisotopic (exact) mass is 198 g/mol. The van der Waals surface area contributed by atoms with E-state index in [0.29, 0.717) is 12.1 Å². The molecule has 0 aliphatic rings. The third kappa shape index (κ3) is 3.16. The van der Waals surface area contributed by atoms with Crippen molar-refractivity contribution in [1.82, 2.24) is 0 Å². The molecule has 72 valence electrons. The van der Waals surface area contributed by atoms with Gasteiger partial charge >= 0.3 is 0 Å². The number of hydrogen-bond donors (Lipinski definition) is 1. The molecule has 0 fully saturated rings. The normalized spacial score (nSPS) is 15.2. The molecule has 0 radical (unpaired) electrons. The molecule has 1 aromatic carbocycles. The van der Waals surface area contributed by atoms with Crippen LogP contribution in [-0.4, -0.2) is 14.0 Å². The molecule has 0 aliphatic carbocycles. The Morgan fingerprint density at radius 2 is 2.00 bits per heavy atom. The molecule has 3 nitrogen and oxygen atoms in total. The van der Waals surface area contributed by atoms with Crippen molar-refractivity contribution in [3.05, 3.63) is 29.8 Å². The van der Waals surface area contributed by atoms with E-state index in [0.717, 1.165) is 5.56 Å². The van der Waals surface area contributed by atoms with Crippen molar-refractivity contribution >= 4 is 16.8 Å². The van der Waals surface area contributed by atoms with Gasteiger partial charge in [-0.2, -0.15) is 0 Å². The Kier molecular flexibility index (Phi) is 3.45. The summed E-state index contributed by atoms with van der Waals surface area (Å²) in [6, 6.07) is 7.24. The Balaban J connectivity index is 2.64. The zero-order valence-electron chi connectivity index (χ0n) is 7.40. The summed E-state index contributed by atoms with van der Waals surface area (Å²) >= 11 is -2.00. The average Bonchev–Trinajstić information content (AvgIpc) is 2.08. The van der Waals surface area contributed by atoms with Gasteiger partial charge in [0.05, 0.1) is 0 Å². The summed E-state index contributed by atoms with van der Waals surface area (Å²) < 4.78 is 21.1. The molecule has 2 N–H and O–H groups in total. The molecule has 4 heteroatoms. The quantitative estimate of drug-likeness (QED) is 0.583. The Bertz CT molecular complexity index is 297. The standard InChI is InChI=1S/C9H13NO2S/c1-7(13(11)12)6-8-2-4-9(10)5-3-8/h2-5,7H,6,10H2,1H3,(H,11,12)/p-1. The van der Waals surface area contributed by atoms with E-state index in [4.69, 9.17) is 5.73 Å². The zero-order valence-corrected chi connectivity index (χ0v) is 8.21. The first-order valence-electron chi connectivity index (χ1n) is 4.02. The van der Waals surface area contributed by atoms with Crippen LogP contribution < -0.4 is 5.73 Å². The Labute approximate surface area is 80.2 Å². The van der Waals surface area contributed by atoms with E-state index in [2.05, 4.69) is 0 Å². The summed E-state index contributed by atoms with van der Waals surface area (Å²) in [4.78, 5) is 0. The number of nitrogen functional groups attached to an aromatic ring is 1. The first-order chi connectivity index (χ1) is 6.09. The van der Waals surface area contributed by atoms with Crippen LogP contribution in [0, 0.1) is 0 Å². The maximum atomic E-state index is 10.5. The molecule has 0 saturated heterocycles. The maximum absolute atomic E-state index is 10.5. The molecule has 1 aromatic rings. The van der Waals surface area contributed by atoms with Gasteiger partial charge in [-0.3, -0.25) is 4.21 Å². The molecule has 0 aromatic heterocycles. The third-order valence-electron chi connectivity index (χ3n) is 1.83. The van der Waals surface area contributed by atoms with Crippen LogP contribution in [0.25, 0.3) is 0 Å². The molecule has 0 saturated carbocycles. The number of nitrogens with two attached hydrogens (primary N) is 1. The minimum Gasteiger partial charge on any atom is -0.772 e. The molecule has 0 heterocycles. The highest BCUT2D eigenvalue weighted by atomic mass is 32.2. The van der Waals surface area contributed by atoms with Crippen LogP contribution in [0.5, 0.6) is 0 Å². The fraction of sp³-hybridized carbons (Fsp3) is 0.333. The van der Waals surface area contributed by atoms with Crippen molar-refractivity contribution in [3.8, 4) is 0 Å². The molecule has 0 aliphatic heterocycles. The van der Waals surface area contributed by atoms with Crippen molar-refractivity contribution in [3.63, 3.8) is 0 Å². The van der Waals surface area contributed by atoms with Crippen LogP contribution in [0.2, 0.25) is 0 Å². The number of anilines is 1. The Morgan fingerprint density at radius 1 is 1.46 bits per heavy atom. The second-order valence-corrected chi connectivity index (χ2v) is 4.34. The molecule has 2 atom stereocenters. The van der Waals surface area contributed by atoms with E-state index in [1.807, 2.05) is 12.1 Å². The van der Waals surface area contributed by atoms with Gasteiger partial charge in [-0.1, -0.05) is 30.1 Å². The number of benzene rings is 1. The minimum atomic E-state index is -2.00. The lowest BCUT2D eigenvalue weighted by atomic mass is 10.1. The minimum absolute atomic E-state index is 0.344. The SMILES string of the molecule is CC(Cc1ccc(N)cc1)S(=O)[O-]. The summed E-state index contributed by atoms with van der Waals surface area (Å²) in [5.41, 5.74) is 7.18. The fourth-order valence-electron chi connectivity index (χ4n) is 1.05. The molecule has 0 spiro atoms. The lowest BCUT2D eigenvalue weighted by molar-refractivity contribution is 0.524. The van der Waals surface area contributed by atoms with Gasteiger partial charge in [-0.05, 0) is 24.1 Å². The topological polar surface area (TPSA) is 66.2 Å². The van der Waals surface area contributed by atoms with Crippen molar-refractivity contribution in [2.45, 2.75) is 18.6 Å². The van der Waals surface area contributed by atoms with Gasteiger partial charge in [0, 0.05) is 10.9 Å². The molecule has 0 bridgehead atoms. The van der Waals surface area contributed by atoms with Crippen LogP contribution in [0.4, 0.5) is 5.69 Å². The predicted molar refractivity (Wildman–Crippen MR) is 52.9 cm³/mol. The van der Waals surface area contributed by atoms with Gasteiger partial charge in [-0.25, -0.2) is 0 Å². The van der Waals surface area contributed by atoms with E-state index >= 15 is 0 Å². The van der Waals surface area contributed by atoms with Crippen molar-refractivity contribution in [2.75, 3.05) is 5.73 Å². The maximum Gasteiger partial charge on any atom is 0.0314 e. The Hall–Kier alpha value is -0.870. The summed E-state index contributed by atoms with van der Waals surface area (Å²) in [6.45, 7) is 1.68. The van der Waals surface area contributed by atoms with Crippen LogP contribution in [0.3, 0.4) is 0 Å².